The van der Waals surface area contributed by atoms with Crippen LogP contribution in [0.3, 0.4) is 0 Å². The lowest BCUT2D eigenvalue weighted by molar-refractivity contribution is -0.0891. The largest absolute Gasteiger partial charge is 0.370 e. The van der Waals surface area contributed by atoms with Crippen LogP contribution in [0.15, 0.2) is 4.99 Å². The molecular weight excluding hydrogens is 441 g/mol. The molecule has 11 heteroatoms. The van der Waals surface area contributed by atoms with Gasteiger partial charge in [-0.15, -0.1) is 0 Å². The molecule has 180 valence electrons. The van der Waals surface area contributed by atoms with Crippen LogP contribution in [0.25, 0.3) is 0 Å². The van der Waals surface area contributed by atoms with Gasteiger partial charge in [0.1, 0.15) is 5.94 Å². The van der Waals surface area contributed by atoms with Crippen LogP contribution in [-0.2, 0) is 14.0 Å². The lowest BCUT2D eigenvalue weighted by atomic mass is 10.3. The first-order valence-electron chi connectivity index (χ1n) is 10.5. The van der Waals surface area contributed by atoms with Crippen molar-refractivity contribution in [3.63, 3.8) is 0 Å². The number of nitrogens with one attached hydrogen (secondary N) is 1. The number of nitrogens with two attached hydrogens (primary N) is 1. The zero-order chi connectivity index (χ0) is 23.1. The third kappa shape index (κ3) is 12.9. The first-order valence-corrected chi connectivity index (χ1v) is 14.1. The third-order valence-electron chi connectivity index (χ3n) is 3.88. The molecule has 0 atom stereocenters. The molecule has 0 heterocycles. The van der Waals surface area contributed by atoms with Gasteiger partial charge in [0.25, 0.3) is 0 Å². The summed E-state index contributed by atoms with van der Waals surface area (Å²) in [5.74, 6) is 1.94. The number of hydrogen-bond acceptors (Lipinski definition) is 8. The Balaban J connectivity index is 4.31. The number of hydrogen-bond donors (Lipinski definition) is 2. The van der Waals surface area contributed by atoms with Crippen molar-refractivity contribution in [3.8, 4) is 0 Å². The second kappa shape index (κ2) is 17.7. The van der Waals surface area contributed by atoms with Gasteiger partial charge in [-0.2, -0.15) is 0 Å². The molecule has 0 saturated carbocycles. The highest BCUT2D eigenvalue weighted by molar-refractivity contribution is 8.76. The van der Waals surface area contributed by atoms with Gasteiger partial charge in [-0.1, -0.05) is 21.6 Å². The van der Waals surface area contributed by atoms with Gasteiger partial charge in [0.2, 0.25) is 0 Å². The van der Waals surface area contributed by atoms with E-state index in [0.29, 0.717) is 36.1 Å². The first-order chi connectivity index (χ1) is 14.1. The topological polar surface area (TPSA) is 84.6 Å². The van der Waals surface area contributed by atoms with Gasteiger partial charge in [0.05, 0.1) is 0 Å². The summed E-state index contributed by atoms with van der Waals surface area (Å²) in [6.07, 6.45) is 0. The van der Waals surface area contributed by atoms with Crippen LogP contribution in [-0.4, -0.2) is 78.3 Å². The highest BCUT2D eigenvalue weighted by Gasteiger charge is 2.34. The van der Waals surface area contributed by atoms with E-state index in [0.717, 1.165) is 12.3 Å². The summed E-state index contributed by atoms with van der Waals surface area (Å²) in [6.45, 7) is 19.0. The van der Waals surface area contributed by atoms with Crippen molar-refractivity contribution >= 4 is 36.0 Å². The van der Waals surface area contributed by atoms with E-state index in [1.807, 2.05) is 0 Å². The van der Waals surface area contributed by atoms with E-state index in [2.05, 4.69) is 75.0 Å². The van der Waals surface area contributed by atoms with E-state index in [1.165, 1.54) is 0 Å². The van der Waals surface area contributed by atoms with Gasteiger partial charge >= 0.3 is 0 Å². The van der Waals surface area contributed by atoms with Crippen molar-refractivity contribution in [1.82, 2.24) is 14.7 Å². The van der Waals surface area contributed by atoms with Gasteiger partial charge in [0.15, 0.2) is 28.0 Å². The van der Waals surface area contributed by atoms with Crippen LogP contribution in [0, 0.1) is 0 Å². The molecule has 0 aromatic heterocycles. The maximum Gasteiger partial charge on any atom is 0.191 e. The fourth-order valence-electron chi connectivity index (χ4n) is 2.87. The maximum absolute atomic E-state index is 6.28. The Kier molecular flexibility index (Phi) is 17.8. The van der Waals surface area contributed by atoms with E-state index in [1.54, 1.807) is 28.6 Å². The molecule has 0 aliphatic rings. The Labute approximate surface area is 193 Å². The molecule has 0 aliphatic carbocycles. The van der Waals surface area contributed by atoms with E-state index >= 15 is 0 Å². The molecule has 30 heavy (non-hydrogen) atoms. The molecule has 0 aliphatic heterocycles. The minimum atomic E-state index is -0.937. The van der Waals surface area contributed by atoms with Gasteiger partial charge in [0, 0.05) is 43.5 Å². The normalized spacial score (nSPS) is 13.3. The number of ether oxygens (including phenoxy) is 2. The SMILES string of the molecule is CN=C(N)NCCSSCOCOCOP(N(C(C)C)C(C)C)N(C(C)C)C(C)C. The molecule has 0 saturated heterocycles. The second-order valence-electron chi connectivity index (χ2n) is 7.75. The Hall–Kier alpha value is 0.200. The minimum Gasteiger partial charge on any atom is -0.370 e. The molecule has 0 unspecified atom stereocenters. The highest BCUT2D eigenvalue weighted by Crippen LogP contribution is 2.50. The lowest BCUT2D eigenvalue weighted by Gasteiger charge is -2.45. The zero-order valence-electron chi connectivity index (χ0n) is 20.3. The maximum atomic E-state index is 6.28. The van der Waals surface area contributed by atoms with Crippen molar-refractivity contribution in [2.75, 3.05) is 38.9 Å². The number of aliphatic imine (C=N–C) groups is 1. The van der Waals surface area contributed by atoms with Crippen LogP contribution in [0.5, 0.6) is 0 Å². The van der Waals surface area contributed by atoms with Crippen molar-refractivity contribution in [2.45, 2.75) is 79.6 Å². The Morgan fingerprint density at radius 2 is 1.43 bits per heavy atom. The molecule has 3 N–H and O–H groups in total. The number of guanidine groups is 1. The minimum absolute atomic E-state index is 0.217. The van der Waals surface area contributed by atoms with Crippen molar-refractivity contribution in [1.29, 1.82) is 0 Å². The standard InChI is InChI=1S/C19H44N5O3PS2/c1-15(2)23(16(3)4)28(24(17(5)6)18(7)8)27-13-25-12-26-14-30-29-11-10-22-19(20)21-9/h15-18H,10-14H2,1-9H3,(H3,20,21,22). The summed E-state index contributed by atoms with van der Waals surface area (Å²) in [5, 5.41) is 3.02. The molecule has 0 spiro atoms. The summed E-state index contributed by atoms with van der Waals surface area (Å²) in [5.41, 5.74) is 5.57. The summed E-state index contributed by atoms with van der Waals surface area (Å²) >= 11 is 0. The van der Waals surface area contributed by atoms with Crippen LogP contribution in [0.4, 0.5) is 0 Å². The molecule has 0 aromatic carbocycles. The molecular formula is C19H44N5O3PS2. The van der Waals surface area contributed by atoms with E-state index < -0.39 is 8.45 Å². The number of nitrogens with zero attached hydrogens (tertiary/aromatic N) is 3. The van der Waals surface area contributed by atoms with Crippen molar-refractivity contribution in [2.24, 2.45) is 10.7 Å². The Bertz CT molecular complexity index is 424. The fraction of sp³-hybridized carbons (Fsp3) is 0.947. The Morgan fingerprint density at radius 3 is 1.90 bits per heavy atom. The predicted molar refractivity (Wildman–Crippen MR) is 135 cm³/mol. The molecule has 0 fully saturated rings. The van der Waals surface area contributed by atoms with Crippen LogP contribution in [0.2, 0.25) is 0 Å². The lowest BCUT2D eigenvalue weighted by Crippen LogP contribution is -2.43. The van der Waals surface area contributed by atoms with Gasteiger partial charge in [-0.25, -0.2) is 9.34 Å². The fourth-order valence-corrected chi connectivity index (χ4v) is 6.65. The average Bonchev–Trinajstić information content (AvgIpc) is 2.64. The van der Waals surface area contributed by atoms with Gasteiger partial charge in [-0.05, 0) is 55.4 Å². The molecule has 0 bridgehead atoms. The van der Waals surface area contributed by atoms with Crippen molar-refractivity contribution in [3.05, 3.63) is 0 Å². The predicted octanol–water partition coefficient (Wildman–Crippen LogP) is 4.29. The average molecular weight is 486 g/mol. The smallest absolute Gasteiger partial charge is 0.191 e. The zero-order valence-corrected chi connectivity index (χ0v) is 22.8. The molecule has 0 aromatic rings. The van der Waals surface area contributed by atoms with Crippen LogP contribution >= 0.6 is 30.0 Å². The van der Waals surface area contributed by atoms with Crippen LogP contribution < -0.4 is 11.1 Å². The molecule has 0 amide bonds. The van der Waals surface area contributed by atoms with E-state index in [-0.39, 0.29) is 13.6 Å². The Morgan fingerprint density at radius 1 is 0.900 bits per heavy atom. The monoisotopic (exact) mass is 485 g/mol. The third-order valence-corrected chi connectivity index (χ3v) is 8.94. The van der Waals surface area contributed by atoms with Crippen molar-refractivity contribution < 1.29 is 14.0 Å². The summed E-state index contributed by atoms with van der Waals surface area (Å²) < 4.78 is 22.3. The van der Waals surface area contributed by atoms with E-state index in [9.17, 15) is 0 Å². The van der Waals surface area contributed by atoms with Crippen LogP contribution in [0.1, 0.15) is 55.4 Å². The summed E-state index contributed by atoms with van der Waals surface area (Å²) in [6, 6.07) is 1.53. The molecule has 8 nitrogen and oxygen atoms in total. The summed E-state index contributed by atoms with van der Waals surface area (Å²) in [4.78, 5) is 3.85. The molecule has 0 radical (unpaired) electrons. The van der Waals surface area contributed by atoms with Gasteiger partial charge < -0.3 is 25.0 Å². The first kappa shape index (κ1) is 30.2. The second-order valence-corrected chi connectivity index (χ2v) is 12.0. The quantitative estimate of drug-likeness (QED) is 0.0782. The van der Waals surface area contributed by atoms with Gasteiger partial charge in [-0.3, -0.25) is 4.99 Å². The number of rotatable bonds is 17. The summed E-state index contributed by atoms with van der Waals surface area (Å²) in [7, 11) is 4.09. The highest BCUT2D eigenvalue weighted by atomic mass is 33.1. The molecule has 0 rings (SSSR count). The van der Waals surface area contributed by atoms with E-state index in [4.69, 9.17) is 19.7 Å².